The topological polar surface area (TPSA) is 0 Å². The highest BCUT2D eigenvalue weighted by molar-refractivity contribution is 8.40. The van der Waals surface area contributed by atoms with Crippen LogP contribution >= 0.6 is 0 Å². The normalized spacial score (nSPS) is 11.2. The van der Waals surface area contributed by atoms with Crippen LogP contribution in [-0.4, -0.2) is 0 Å². The Morgan fingerprint density at radius 1 is 0.450 bits per heavy atom. The van der Waals surface area contributed by atoms with Crippen LogP contribution in [0.3, 0.4) is 0 Å². The van der Waals surface area contributed by atoms with Gasteiger partial charge in [-0.05, 0) is 36.4 Å². The molecule has 0 N–H and O–H groups in total. The Morgan fingerprint density at radius 3 is 0.950 bits per heavy atom. The lowest BCUT2D eigenvalue weighted by atomic mass is 10.4. The molecular formula is C18H15S2+. The van der Waals surface area contributed by atoms with Crippen LogP contribution in [0, 0.1) is 0 Å². The van der Waals surface area contributed by atoms with Crippen LogP contribution in [0.4, 0.5) is 0 Å². The molecule has 3 aromatic carbocycles. The van der Waals surface area contributed by atoms with E-state index in [4.69, 9.17) is 11.2 Å². The molecule has 0 aliphatic heterocycles. The van der Waals surface area contributed by atoms with Crippen LogP contribution in [0.25, 0.3) is 0 Å². The minimum atomic E-state index is -1.59. The molecule has 0 nitrogen and oxygen atoms in total. The summed E-state index contributed by atoms with van der Waals surface area (Å²) in [4.78, 5) is 3.65. The molecule has 0 saturated carbocycles. The molecule has 98 valence electrons. The fraction of sp³-hybridized carbons (Fsp3) is 0. The summed E-state index contributed by atoms with van der Waals surface area (Å²) in [5.41, 5.74) is 0. The van der Waals surface area contributed by atoms with Gasteiger partial charge in [-0.25, -0.2) is 0 Å². The molecule has 0 saturated heterocycles. The van der Waals surface area contributed by atoms with Crippen molar-refractivity contribution < 1.29 is 0 Å². The first-order chi connectivity index (χ1) is 9.82. The molecule has 0 radical (unpaired) electrons. The second-order valence-electron chi connectivity index (χ2n) is 4.50. The summed E-state index contributed by atoms with van der Waals surface area (Å²) in [5, 5.41) is 0. The lowest BCUT2D eigenvalue weighted by Crippen LogP contribution is -2.12. The first-order valence-electron chi connectivity index (χ1n) is 6.51. The van der Waals surface area contributed by atoms with E-state index < -0.39 is 8.59 Å². The van der Waals surface area contributed by atoms with Crippen LogP contribution in [0.5, 0.6) is 0 Å². The summed E-state index contributed by atoms with van der Waals surface area (Å²) in [6.07, 6.45) is 0. The van der Waals surface area contributed by atoms with Crippen molar-refractivity contribution in [3.8, 4) is 0 Å². The maximum absolute atomic E-state index is 6.18. The van der Waals surface area contributed by atoms with E-state index in [1.807, 2.05) is 18.2 Å². The fourth-order valence-electron chi connectivity index (χ4n) is 2.24. The molecule has 20 heavy (non-hydrogen) atoms. The zero-order valence-corrected chi connectivity index (χ0v) is 12.6. The molecule has 0 heterocycles. The van der Waals surface area contributed by atoms with Gasteiger partial charge in [-0.3, -0.25) is 0 Å². The molecule has 0 spiro atoms. The van der Waals surface area contributed by atoms with E-state index in [0.29, 0.717) is 0 Å². The van der Waals surface area contributed by atoms with Crippen molar-refractivity contribution in [2.24, 2.45) is 0 Å². The van der Waals surface area contributed by atoms with E-state index in [2.05, 4.69) is 72.8 Å². The third kappa shape index (κ3) is 2.33. The summed E-state index contributed by atoms with van der Waals surface area (Å²) in [5.74, 6) is 0. The minimum absolute atomic E-state index is 1.22. The first-order valence-corrected chi connectivity index (χ1v) is 9.07. The molecule has 0 atom stereocenters. The van der Waals surface area contributed by atoms with Gasteiger partial charge in [-0.2, -0.15) is 0 Å². The Hall–Kier alpha value is -1.77. The van der Waals surface area contributed by atoms with E-state index in [1.54, 1.807) is 0 Å². The Kier molecular flexibility index (Phi) is 3.77. The molecule has 2 heteroatoms. The zero-order chi connectivity index (χ0) is 13.8. The number of hydrogen-bond donors (Lipinski definition) is 0. The molecular weight excluding hydrogens is 280 g/mol. The van der Waals surface area contributed by atoms with E-state index >= 15 is 0 Å². The van der Waals surface area contributed by atoms with Gasteiger partial charge in [0, 0.05) is 8.59 Å². The average Bonchev–Trinajstić information content (AvgIpc) is 2.56. The van der Waals surface area contributed by atoms with Gasteiger partial charge >= 0.3 is 0 Å². The van der Waals surface area contributed by atoms with E-state index in [-0.39, 0.29) is 0 Å². The molecule has 3 rings (SSSR count). The second kappa shape index (κ2) is 5.70. The number of rotatable bonds is 3. The van der Waals surface area contributed by atoms with Crippen molar-refractivity contribution >= 4 is 19.8 Å². The van der Waals surface area contributed by atoms with Gasteiger partial charge in [-0.15, -0.1) is 0 Å². The van der Waals surface area contributed by atoms with Gasteiger partial charge in [0.1, 0.15) is 25.9 Å². The number of benzene rings is 3. The van der Waals surface area contributed by atoms with Crippen molar-refractivity contribution in [1.82, 2.24) is 0 Å². The lowest BCUT2D eigenvalue weighted by molar-refractivity contribution is 1.31. The van der Waals surface area contributed by atoms with Crippen LogP contribution < -0.4 is 0 Å². The number of hydrogen-bond acceptors (Lipinski definition) is 1. The minimum Gasteiger partial charge on any atom is -0.0619 e. The van der Waals surface area contributed by atoms with Crippen molar-refractivity contribution in [1.29, 1.82) is 0 Å². The molecule has 0 aromatic heterocycles. The average molecular weight is 295 g/mol. The quantitative estimate of drug-likeness (QED) is 0.627. The third-order valence-electron chi connectivity index (χ3n) is 3.23. The van der Waals surface area contributed by atoms with E-state index in [9.17, 15) is 0 Å². The van der Waals surface area contributed by atoms with Crippen LogP contribution in [0.1, 0.15) is 0 Å². The summed E-state index contributed by atoms with van der Waals surface area (Å²) in [7, 11) is -1.59. The zero-order valence-electron chi connectivity index (χ0n) is 11.0. The smallest absolute Gasteiger partial charge is 0.0619 e. The van der Waals surface area contributed by atoms with Gasteiger partial charge in [0.25, 0.3) is 0 Å². The van der Waals surface area contributed by atoms with Crippen molar-refractivity contribution in [2.75, 3.05) is 0 Å². The Labute approximate surface area is 125 Å². The fourth-order valence-corrected chi connectivity index (χ4v) is 5.68. The van der Waals surface area contributed by atoms with E-state index in [0.717, 1.165) is 0 Å². The first kappa shape index (κ1) is 13.2. The predicted octanol–water partition coefficient (Wildman–Crippen LogP) is 4.78. The molecule has 0 unspecified atom stereocenters. The summed E-state index contributed by atoms with van der Waals surface area (Å²) >= 11 is 6.18. The summed E-state index contributed by atoms with van der Waals surface area (Å²) in [6, 6.07) is 31.3. The van der Waals surface area contributed by atoms with Crippen LogP contribution in [0.2, 0.25) is 0 Å². The van der Waals surface area contributed by atoms with Gasteiger partial charge in [0.2, 0.25) is 0 Å². The van der Waals surface area contributed by atoms with Gasteiger partial charge in [0.05, 0.1) is 0 Å². The molecule has 0 fully saturated rings. The standard InChI is InChI=1S/C18H15S2/c19-20(16-10-4-1-5-11-16,17-12-6-2-7-13-17)18-14-8-3-9-15-18/h1-15H/q+1. The van der Waals surface area contributed by atoms with Crippen molar-refractivity contribution in [2.45, 2.75) is 14.7 Å². The Balaban J connectivity index is 2.27. The van der Waals surface area contributed by atoms with Crippen LogP contribution in [-0.2, 0) is 19.8 Å². The Morgan fingerprint density at radius 2 is 0.700 bits per heavy atom. The van der Waals surface area contributed by atoms with E-state index in [1.165, 1.54) is 14.7 Å². The molecule has 0 aliphatic carbocycles. The predicted molar refractivity (Wildman–Crippen MR) is 88.9 cm³/mol. The highest BCUT2D eigenvalue weighted by atomic mass is 32.9. The van der Waals surface area contributed by atoms with Gasteiger partial charge in [0.15, 0.2) is 0 Å². The highest BCUT2D eigenvalue weighted by Gasteiger charge is 2.31. The highest BCUT2D eigenvalue weighted by Crippen LogP contribution is 2.36. The third-order valence-corrected chi connectivity index (χ3v) is 7.77. The summed E-state index contributed by atoms with van der Waals surface area (Å²) in [6.45, 7) is 0. The van der Waals surface area contributed by atoms with Crippen molar-refractivity contribution in [3.63, 3.8) is 0 Å². The van der Waals surface area contributed by atoms with Gasteiger partial charge in [-0.1, -0.05) is 54.6 Å². The Bertz CT molecular complexity index is 616. The summed E-state index contributed by atoms with van der Waals surface area (Å²) < 4.78 is 0. The maximum atomic E-state index is 6.18. The molecule has 0 amide bonds. The van der Waals surface area contributed by atoms with Crippen molar-refractivity contribution in [3.05, 3.63) is 91.0 Å². The largest absolute Gasteiger partial charge is 0.150 e. The molecule has 0 bridgehead atoms. The van der Waals surface area contributed by atoms with Crippen LogP contribution in [0.15, 0.2) is 106 Å². The molecule has 3 aromatic rings. The van der Waals surface area contributed by atoms with Gasteiger partial charge < -0.3 is 0 Å². The lowest BCUT2D eigenvalue weighted by Gasteiger charge is -2.16. The second-order valence-corrected chi connectivity index (χ2v) is 8.52. The monoisotopic (exact) mass is 295 g/mol. The SMILES string of the molecule is S=[S+](c1ccccc1)(c1ccccc1)c1ccccc1. The maximum Gasteiger partial charge on any atom is 0.150 e. The molecule has 0 aliphatic rings.